The minimum atomic E-state index is -0.821. The van der Waals surface area contributed by atoms with E-state index in [0.29, 0.717) is 31.6 Å². The Morgan fingerprint density at radius 3 is 2.41 bits per heavy atom. The van der Waals surface area contributed by atoms with E-state index in [9.17, 15) is 19.2 Å². The lowest BCUT2D eigenvalue weighted by Gasteiger charge is -2.42. The normalized spacial score (nSPS) is 24.6. The molecule has 32 heavy (non-hydrogen) atoms. The minimum absolute atomic E-state index is 0.00737. The Hall–Kier alpha value is -2.90. The third-order valence-corrected chi connectivity index (χ3v) is 6.83. The number of carbonyl (C=O) groups excluding carboxylic acids is 4. The van der Waals surface area contributed by atoms with Crippen molar-refractivity contribution in [2.75, 3.05) is 26.2 Å². The average molecular weight is 441 g/mol. The highest BCUT2D eigenvalue weighted by atomic mass is 16.2. The second-order valence-corrected chi connectivity index (χ2v) is 8.99. The van der Waals surface area contributed by atoms with Crippen LogP contribution in [0.3, 0.4) is 0 Å². The van der Waals surface area contributed by atoms with E-state index in [-0.39, 0.29) is 36.1 Å². The third-order valence-electron chi connectivity index (χ3n) is 6.83. The number of piperazine rings is 1. The van der Waals surface area contributed by atoms with Crippen molar-refractivity contribution in [2.45, 2.75) is 57.0 Å². The van der Waals surface area contributed by atoms with Crippen molar-refractivity contribution in [2.24, 2.45) is 5.92 Å². The van der Waals surface area contributed by atoms with Crippen LogP contribution in [-0.2, 0) is 14.4 Å². The lowest BCUT2D eigenvalue weighted by molar-refractivity contribution is -0.142. The van der Waals surface area contributed by atoms with Gasteiger partial charge in [-0.1, -0.05) is 37.5 Å². The maximum Gasteiger partial charge on any atom is 0.254 e. The molecule has 1 aromatic carbocycles. The number of nitrogens with zero attached hydrogens (tertiary/aromatic N) is 2. The molecule has 4 amide bonds. The number of nitrogens with one attached hydrogen (secondary N) is 2. The van der Waals surface area contributed by atoms with Crippen LogP contribution < -0.4 is 10.6 Å². The van der Waals surface area contributed by atoms with E-state index >= 15 is 0 Å². The molecule has 8 heteroatoms. The fourth-order valence-corrected chi connectivity index (χ4v) is 4.98. The summed E-state index contributed by atoms with van der Waals surface area (Å²) in [5.41, 5.74) is 0.507. The van der Waals surface area contributed by atoms with Crippen molar-refractivity contribution in [1.29, 1.82) is 0 Å². The number of carbonyl (C=O) groups is 4. The molecule has 2 heterocycles. The van der Waals surface area contributed by atoms with Crippen LogP contribution >= 0.6 is 0 Å². The van der Waals surface area contributed by atoms with Gasteiger partial charge in [0.05, 0.1) is 6.54 Å². The minimum Gasteiger partial charge on any atom is -0.354 e. The predicted octanol–water partition coefficient (Wildman–Crippen LogP) is 1.31. The maximum atomic E-state index is 13.3. The van der Waals surface area contributed by atoms with Gasteiger partial charge in [0, 0.05) is 31.1 Å². The van der Waals surface area contributed by atoms with E-state index in [1.54, 1.807) is 34.1 Å². The topological polar surface area (TPSA) is 98.8 Å². The number of benzene rings is 1. The van der Waals surface area contributed by atoms with Crippen LogP contribution in [0.1, 0.15) is 55.3 Å². The molecule has 2 saturated heterocycles. The van der Waals surface area contributed by atoms with Crippen molar-refractivity contribution in [3.05, 3.63) is 35.9 Å². The first kappa shape index (κ1) is 22.3. The van der Waals surface area contributed by atoms with Gasteiger partial charge in [-0.3, -0.25) is 19.2 Å². The van der Waals surface area contributed by atoms with Crippen LogP contribution in [0.5, 0.6) is 0 Å². The molecule has 1 saturated carbocycles. The third kappa shape index (κ3) is 4.95. The standard InChI is InChI=1S/C24H32N4O4/c29-21-19(12-7-13-25-21)26-22(30)20-16-27(23(31)17-8-3-1-4-9-17)14-15-28(20)24(32)18-10-5-2-6-11-18/h2,5-6,10-11,17,19-20H,1,3-4,7-9,12-16H2,(H,25,29)(H,26,30). The van der Waals surface area contributed by atoms with E-state index in [1.165, 1.54) is 0 Å². The molecule has 3 aliphatic rings. The molecular weight excluding hydrogens is 408 g/mol. The second-order valence-electron chi connectivity index (χ2n) is 8.99. The first-order valence-electron chi connectivity index (χ1n) is 11.8. The Kier molecular flexibility index (Phi) is 7.07. The molecule has 2 N–H and O–H groups in total. The molecular formula is C24H32N4O4. The molecule has 8 nitrogen and oxygen atoms in total. The van der Waals surface area contributed by atoms with Gasteiger partial charge in [-0.25, -0.2) is 0 Å². The summed E-state index contributed by atoms with van der Waals surface area (Å²) in [5.74, 6) is -0.713. The second kappa shape index (κ2) is 10.1. The number of amides is 4. The summed E-state index contributed by atoms with van der Waals surface area (Å²) in [6.45, 7) is 1.48. The van der Waals surface area contributed by atoms with Gasteiger partial charge in [-0.05, 0) is 37.8 Å². The number of piperidine rings is 1. The van der Waals surface area contributed by atoms with Crippen molar-refractivity contribution in [3.8, 4) is 0 Å². The first-order valence-corrected chi connectivity index (χ1v) is 11.8. The maximum absolute atomic E-state index is 13.3. The Balaban J connectivity index is 1.51. The average Bonchev–Trinajstić information content (AvgIpc) is 2.85. The molecule has 1 aliphatic carbocycles. The number of hydrogen-bond acceptors (Lipinski definition) is 4. The van der Waals surface area contributed by atoms with E-state index in [0.717, 1.165) is 38.5 Å². The zero-order valence-electron chi connectivity index (χ0n) is 18.4. The van der Waals surface area contributed by atoms with Crippen LogP contribution in [0, 0.1) is 5.92 Å². The Morgan fingerprint density at radius 1 is 0.938 bits per heavy atom. The first-order chi connectivity index (χ1) is 15.5. The van der Waals surface area contributed by atoms with E-state index in [1.807, 2.05) is 6.07 Å². The molecule has 4 rings (SSSR count). The SMILES string of the molecule is O=C1NCCCC1NC(=O)C1CN(C(=O)C2CCCCC2)CCN1C(=O)c1ccccc1. The summed E-state index contributed by atoms with van der Waals surface area (Å²) in [4.78, 5) is 55.1. The van der Waals surface area contributed by atoms with Gasteiger partial charge in [0.2, 0.25) is 17.7 Å². The van der Waals surface area contributed by atoms with E-state index in [4.69, 9.17) is 0 Å². The summed E-state index contributed by atoms with van der Waals surface area (Å²) in [6.07, 6.45) is 6.43. The molecule has 1 aromatic rings. The summed E-state index contributed by atoms with van der Waals surface area (Å²) in [7, 11) is 0. The van der Waals surface area contributed by atoms with Crippen molar-refractivity contribution >= 4 is 23.6 Å². The molecule has 0 bridgehead atoms. The van der Waals surface area contributed by atoms with Gasteiger partial charge in [-0.2, -0.15) is 0 Å². The van der Waals surface area contributed by atoms with Crippen LogP contribution in [0.4, 0.5) is 0 Å². The van der Waals surface area contributed by atoms with Gasteiger partial charge in [0.25, 0.3) is 5.91 Å². The Labute approximate surface area is 188 Å². The molecule has 172 valence electrons. The van der Waals surface area contributed by atoms with E-state index < -0.39 is 12.1 Å². The fraction of sp³-hybridized carbons (Fsp3) is 0.583. The highest BCUT2D eigenvalue weighted by molar-refractivity contribution is 5.99. The van der Waals surface area contributed by atoms with Crippen LogP contribution in [0.15, 0.2) is 30.3 Å². The quantitative estimate of drug-likeness (QED) is 0.738. The largest absolute Gasteiger partial charge is 0.354 e. The highest BCUT2D eigenvalue weighted by Crippen LogP contribution is 2.27. The monoisotopic (exact) mass is 440 g/mol. The zero-order chi connectivity index (χ0) is 22.5. The highest BCUT2D eigenvalue weighted by Gasteiger charge is 2.40. The number of hydrogen-bond donors (Lipinski definition) is 2. The van der Waals surface area contributed by atoms with Gasteiger partial charge in [0.15, 0.2) is 0 Å². The lowest BCUT2D eigenvalue weighted by Crippen LogP contribution is -2.64. The van der Waals surface area contributed by atoms with Crippen LogP contribution in [-0.4, -0.2) is 71.7 Å². The molecule has 3 fully saturated rings. The smallest absolute Gasteiger partial charge is 0.254 e. The number of rotatable bonds is 4. The van der Waals surface area contributed by atoms with Crippen molar-refractivity contribution < 1.29 is 19.2 Å². The van der Waals surface area contributed by atoms with Gasteiger partial charge < -0.3 is 20.4 Å². The summed E-state index contributed by atoms with van der Waals surface area (Å²) >= 11 is 0. The van der Waals surface area contributed by atoms with Gasteiger partial charge >= 0.3 is 0 Å². The molecule has 0 aromatic heterocycles. The fourth-order valence-electron chi connectivity index (χ4n) is 4.98. The van der Waals surface area contributed by atoms with Gasteiger partial charge in [-0.15, -0.1) is 0 Å². The lowest BCUT2D eigenvalue weighted by atomic mass is 9.88. The summed E-state index contributed by atoms with van der Waals surface area (Å²) < 4.78 is 0. The Morgan fingerprint density at radius 2 is 1.69 bits per heavy atom. The summed E-state index contributed by atoms with van der Waals surface area (Å²) in [6, 6.07) is 7.45. The van der Waals surface area contributed by atoms with E-state index in [2.05, 4.69) is 10.6 Å². The zero-order valence-corrected chi connectivity index (χ0v) is 18.4. The van der Waals surface area contributed by atoms with Gasteiger partial charge in [0.1, 0.15) is 12.1 Å². The molecule has 2 aliphatic heterocycles. The van der Waals surface area contributed by atoms with Crippen LogP contribution in [0.25, 0.3) is 0 Å². The molecule has 2 unspecified atom stereocenters. The van der Waals surface area contributed by atoms with Crippen molar-refractivity contribution in [3.63, 3.8) is 0 Å². The molecule has 2 atom stereocenters. The predicted molar refractivity (Wildman–Crippen MR) is 119 cm³/mol. The molecule has 0 radical (unpaired) electrons. The Bertz CT molecular complexity index is 853. The molecule has 0 spiro atoms. The summed E-state index contributed by atoms with van der Waals surface area (Å²) in [5, 5.41) is 5.60. The van der Waals surface area contributed by atoms with Crippen LogP contribution in [0.2, 0.25) is 0 Å². The van der Waals surface area contributed by atoms with Crippen molar-refractivity contribution in [1.82, 2.24) is 20.4 Å².